The third kappa shape index (κ3) is 4.30. The first-order chi connectivity index (χ1) is 8.34. The third-order valence-corrected chi connectivity index (χ3v) is 3.49. The molecule has 1 rings (SSSR count). The molecule has 0 aliphatic heterocycles. The van der Waals surface area contributed by atoms with Crippen LogP contribution in [-0.2, 0) is 16.0 Å². The van der Waals surface area contributed by atoms with Crippen LogP contribution in [0.15, 0.2) is 12.1 Å². The van der Waals surface area contributed by atoms with Crippen LogP contribution in [0.3, 0.4) is 0 Å². The molecule has 0 radical (unpaired) electrons. The summed E-state index contributed by atoms with van der Waals surface area (Å²) in [4.78, 5) is 11.4. The predicted octanol–water partition coefficient (Wildman–Crippen LogP) is 2.84. The maximum absolute atomic E-state index is 12.2. The standard InChI is InChI=1S/C11H13F3O3S/c1-17-9(15)4-2-3-7-5-6-8(18-7)10(16)11(12,13)14/h5-6,10,16H,2-4H2,1H3. The number of halogens is 3. The van der Waals surface area contributed by atoms with E-state index in [2.05, 4.69) is 4.74 Å². The summed E-state index contributed by atoms with van der Waals surface area (Å²) in [5.41, 5.74) is 0. The average Bonchev–Trinajstić information content (AvgIpc) is 2.75. The Hall–Kier alpha value is -1.08. The Morgan fingerprint density at radius 3 is 2.72 bits per heavy atom. The predicted molar refractivity (Wildman–Crippen MR) is 60.3 cm³/mol. The van der Waals surface area contributed by atoms with Gasteiger partial charge in [-0.15, -0.1) is 11.3 Å². The Labute approximate surface area is 106 Å². The van der Waals surface area contributed by atoms with Crippen molar-refractivity contribution in [3.05, 3.63) is 21.9 Å². The number of thiophene rings is 1. The molecule has 0 aliphatic carbocycles. The van der Waals surface area contributed by atoms with Gasteiger partial charge in [-0.2, -0.15) is 13.2 Å². The van der Waals surface area contributed by atoms with Crippen LogP contribution in [0.2, 0.25) is 0 Å². The van der Waals surface area contributed by atoms with Gasteiger partial charge in [0.05, 0.1) is 7.11 Å². The van der Waals surface area contributed by atoms with Gasteiger partial charge < -0.3 is 9.84 Å². The molecule has 0 aromatic carbocycles. The van der Waals surface area contributed by atoms with Crippen LogP contribution in [0.25, 0.3) is 0 Å². The van der Waals surface area contributed by atoms with E-state index in [0.29, 0.717) is 17.7 Å². The molecule has 102 valence electrons. The van der Waals surface area contributed by atoms with E-state index in [1.807, 2.05) is 0 Å². The highest BCUT2D eigenvalue weighted by molar-refractivity contribution is 7.12. The van der Waals surface area contributed by atoms with Gasteiger partial charge in [-0.3, -0.25) is 4.79 Å². The van der Waals surface area contributed by atoms with E-state index in [4.69, 9.17) is 5.11 Å². The SMILES string of the molecule is COC(=O)CCCc1ccc(C(O)C(F)(F)F)s1. The first kappa shape index (κ1) is 15.0. The molecule has 7 heteroatoms. The Balaban J connectivity index is 2.51. The van der Waals surface area contributed by atoms with Gasteiger partial charge in [-0.05, 0) is 25.0 Å². The van der Waals surface area contributed by atoms with Crippen molar-refractivity contribution in [2.24, 2.45) is 0 Å². The molecule has 1 atom stereocenters. The molecule has 0 spiro atoms. The van der Waals surface area contributed by atoms with Crippen LogP contribution < -0.4 is 0 Å². The van der Waals surface area contributed by atoms with Crippen LogP contribution in [0, 0.1) is 0 Å². The molecular formula is C11H13F3O3S. The van der Waals surface area contributed by atoms with Crippen molar-refractivity contribution in [3.8, 4) is 0 Å². The number of hydrogen-bond acceptors (Lipinski definition) is 4. The molecule has 1 heterocycles. The fraction of sp³-hybridized carbons (Fsp3) is 0.545. The number of methoxy groups -OCH3 is 1. The van der Waals surface area contributed by atoms with E-state index in [1.54, 1.807) is 0 Å². The molecule has 0 saturated carbocycles. The van der Waals surface area contributed by atoms with E-state index < -0.39 is 12.3 Å². The van der Waals surface area contributed by atoms with E-state index >= 15 is 0 Å². The van der Waals surface area contributed by atoms with Crippen molar-refractivity contribution in [1.82, 2.24) is 0 Å². The van der Waals surface area contributed by atoms with E-state index in [0.717, 1.165) is 11.3 Å². The number of carbonyl (C=O) groups excluding carboxylic acids is 1. The molecule has 1 aromatic heterocycles. The largest absolute Gasteiger partial charge is 0.469 e. The normalized spacial score (nSPS) is 13.4. The molecule has 0 saturated heterocycles. The fourth-order valence-electron chi connectivity index (χ4n) is 1.35. The zero-order chi connectivity index (χ0) is 13.8. The van der Waals surface area contributed by atoms with Gasteiger partial charge in [0.25, 0.3) is 0 Å². The van der Waals surface area contributed by atoms with Crippen molar-refractivity contribution in [2.45, 2.75) is 31.5 Å². The molecule has 3 nitrogen and oxygen atoms in total. The summed E-state index contributed by atoms with van der Waals surface area (Å²) in [7, 11) is 1.28. The highest BCUT2D eigenvalue weighted by Crippen LogP contribution is 2.36. The Morgan fingerprint density at radius 1 is 1.50 bits per heavy atom. The number of alkyl halides is 3. The maximum Gasteiger partial charge on any atom is 0.419 e. The van der Waals surface area contributed by atoms with Gasteiger partial charge in [-0.1, -0.05) is 0 Å². The lowest BCUT2D eigenvalue weighted by Crippen LogP contribution is -2.18. The lowest BCUT2D eigenvalue weighted by Gasteiger charge is -2.11. The molecule has 1 unspecified atom stereocenters. The number of aryl methyl sites for hydroxylation is 1. The van der Waals surface area contributed by atoms with Crippen molar-refractivity contribution in [2.75, 3.05) is 7.11 Å². The Kier molecular flexibility index (Phi) is 5.15. The minimum absolute atomic E-state index is 0.129. The highest BCUT2D eigenvalue weighted by Gasteiger charge is 2.40. The summed E-state index contributed by atoms with van der Waals surface area (Å²) >= 11 is 0.905. The van der Waals surface area contributed by atoms with E-state index in [-0.39, 0.29) is 17.3 Å². The second-order valence-electron chi connectivity index (χ2n) is 3.68. The molecule has 0 bridgehead atoms. The molecule has 1 N–H and O–H groups in total. The highest BCUT2D eigenvalue weighted by atomic mass is 32.1. The Morgan fingerprint density at radius 2 is 2.17 bits per heavy atom. The number of hydrogen-bond donors (Lipinski definition) is 1. The molecule has 0 aliphatic rings. The van der Waals surface area contributed by atoms with E-state index in [9.17, 15) is 18.0 Å². The lowest BCUT2D eigenvalue weighted by atomic mass is 10.2. The van der Waals surface area contributed by atoms with Gasteiger partial charge in [0, 0.05) is 16.2 Å². The molecule has 0 amide bonds. The number of aliphatic hydroxyl groups excluding tert-OH is 1. The second kappa shape index (κ2) is 6.19. The first-order valence-electron chi connectivity index (χ1n) is 5.25. The third-order valence-electron chi connectivity index (χ3n) is 2.29. The lowest BCUT2D eigenvalue weighted by molar-refractivity contribution is -0.205. The smallest absolute Gasteiger partial charge is 0.419 e. The van der Waals surface area contributed by atoms with Crippen molar-refractivity contribution in [1.29, 1.82) is 0 Å². The van der Waals surface area contributed by atoms with Crippen molar-refractivity contribution < 1.29 is 27.8 Å². The summed E-state index contributed by atoms with van der Waals surface area (Å²) in [6.07, 6.45) is -5.85. The quantitative estimate of drug-likeness (QED) is 0.845. The first-order valence-corrected chi connectivity index (χ1v) is 6.06. The van der Waals surface area contributed by atoms with Crippen LogP contribution in [0.4, 0.5) is 13.2 Å². The zero-order valence-corrected chi connectivity index (χ0v) is 10.5. The molecule has 1 aromatic rings. The summed E-state index contributed by atoms with van der Waals surface area (Å²) in [6.45, 7) is 0. The topological polar surface area (TPSA) is 46.5 Å². The second-order valence-corrected chi connectivity index (χ2v) is 4.88. The van der Waals surface area contributed by atoms with Gasteiger partial charge in [0.2, 0.25) is 0 Å². The van der Waals surface area contributed by atoms with Crippen LogP contribution >= 0.6 is 11.3 Å². The maximum atomic E-state index is 12.2. The summed E-state index contributed by atoms with van der Waals surface area (Å²) in [5, 5.41) is 9.03. The fourth-order valence-corrected chi connectivity index (χ4v) is 2.41. The van der Waals surface area contributed by atoms with Gasteiger partial charge in [0.1, 0.15) is 0 Å². The van der Waals surface area contributed by atoms with Gasteiger partial charge >= 0.3 is 12.1 Å². The summed E-state index contributed by atoms with van der Waals surface area (Å²) in [6, 6.07) is 2.79. The molecule has 18 heavy (non-hydrogen) atoms. The number of carbonyl (C=O) groups is 1. The number of esters is 1. The minimum atomic E-state index is -4.64. The number of rotatable bonds is 5. The van der Waals surface area contributed by atoms with Crippen LogP contribution in [0.5, 0.6) is 0 Å². The zero-order valence-electron chi connectivity index (χ0n) is 9.66. The number of ether oxygens (including phenoxy) is 1. The van der Waals surface area contributed by atoms with E-state index in [1.165, 1.54) is 19.2 Å². The number of aliphatic hydroxyl groups is 1. The van der Waals surface area contributed by atoms with Crippen molar-refractivity contribution >= 4 is 17.3 Å². The van der Waals surface area contributed by atoms with Crippen LogP contribution in [0.1, 0.15) is 28.7 Å². The molecule has 0 fully saturated rings. The molecular weight excluding hydrogens is 269 g/mol. The van der Waals surface area contributed by atoms with Crippen molar-refractivity contribution in [3.63, 3.8) is 0 Å². The summed E-state index contributed by atoms with van der Waals surface area (Å²) < 4.78 is 41.2. The van der Waals surface area contributed by atoms with Gasteiger partial charge in [-0.25, -0.2) is 0 Å². The Bertz CT molecular complexity index is 400. The summed E-state index contributed by atoms with van der Waals surface area (Å²) in [5.74, 6) is -0.345. The average molecular weight is 282 g/mol. The monoisotopic (exact) mass is 282 g/mol. The minimum Gasteiger partial charge on any atom is -0.469 e. The van der Waals surface area contributed by atoms with Crippen LogP contribution in [-0.4, -0.2) is 24.4 Å². The van der Waals surface area contributed by atoms with Gasteiger partial charge in [0.15, 0.2) is 6.10 Å².